The molecule has 0 spiro atoms. The molecule has 0 atom stereocenters. The minimum atomic E-state index is -0.552. The van der Waals surface area contributed by atoms with Crippen molar-refractivity contribution in [3.05, 3.63) is 29.8 Å². The van der Waals surface area contributed by atoms with Crippen molar-refractivity contribution >= 4 is 23.3 Å². The van der Waals surface area contributed by atoms with Crippen molar-refractivity contribution in [1.29, 1.82) is 5.41 Å². The third kappa shape index (κ3) is 5.21. The fourth-order valence-electron chi connectivity index (χ4n) is 1.33. The zero-order valence-corrected chi connectivity index (χ0v) is 12.3. The molecule has 6 heteroatoms. The van der Waals surface area contributed by atoms with Crippen LogP contribution in [0.2, 0.25) is 0 Å². The van der Waals surface area contributed by atoms with E-state index < -0.39 is 11.7 Å². The lowest BCUT2D eigenvalue weighted by Crippen LogP contribution is -2.39. The number of nitrogens with one attached hydrogen (secondary N) is 1. The molecule has 1 N–H and O–H groups in total. The van der Waals surface area contributed by atoms with Gasteiger partial charge in [0.15, 0.2) is 0 Å². The van der Waals surface area contributed by atoms with Crippen molar-refractivity contribution in [3.8, 4) is 0 Å². The topological polar surface area (TPSA) is 66.3 Å². The van der Waals surface area contributed by atoms with Gasteiger partial charge in [0, 0.05) is 12.7 Å². The van der Waals surface area contributed by atoms with E-state index in [0.29, 0.717) is 12.3 Å². The van der Waals surface area contributed by atoms with Crippen molar-refractivity contribution in [1.82, 2.24) is 9.27 Å². The SMILES string of the molecule is C=CCN(CC(=N)c1ccns1)C(=O)OC(C)(C)C. The van der Waals surface area contributed by atoms with E-state index >= 15 is 0 Å². The molecule has 1 aromatic heterocycles. The second kappa shape index (κ2) is 6.47. The van der Waals surface area contributed by atoms with Gasteiger partial charge in [0.05, 0.1) is 17.1 Å². The first-order valence-electron chi connectivity index (χ1n) is 5.91. The second-order valence-electron chi connectivity index (χ2n) is 5.00. The number of carbonyl (C=O) groups is 1. The van der Waals surface area contributed by atoms with Gasteiger partial charge in [-0.05, 0) is 38.4 Å². The largest absolute Gasteiger partial charge is 0.444 e. The van der Waals surface area contributed by atoms with E-state index in [1.165, 1.54) is 16.4 Å². The van der Waals surface area contributed by atoms with Crippen LogP contribution in [-0.2, 0) is 4.74 Å². The van der Waals surface area contributed by atoms with Gasteiger partial charge in [0.2, 0.25) is 0 Å². The molecule has 1 aromatic rings. The second-order valence-corrected chi connectivity index (χ2v) is 5.84. The van der Waals surface area contributed by atoms with Crippen LogP contribution in [0.15, 0.2) is 24.9 Å². The van der Waals surface area contributed by atoms with Gasteiger partial charge in [0.25, 0.3) is 0 Å². The van der Waals surface area contributed by atoms with Crippen molar-refractivity contribution in [2.24, 2.45) is 0 Å². The highest BCUT2D eigenvalue weighted by molar-refractivity contribution is 7.08. The molecule has 1 rings (SSSR count). The number of carbonyl (C=O) groups excluding carboxylic acids is 1. The van der Waals surface area contributed by atoms with Gasteiger partial charge in [-0.25, -0.2) is 9.17 Å². The predicted octanol–water partition coefficient (Wildman–Crippen LogP) is 2.93. The zero-order valence-electron chi connectivity index (χ0n) is 11.5. The third-order valence-corrected chi connectivity index (χ3v) is 2.89. The van der Waals surface area contributed by atoms with E-state index in [9.17, 15) is 4.79 Å². The molecule has 0 aliphatic rings. The van der Waals surface area contributed by atoms with Gasteiger partial charge in [-0.2, -0.15) is 0 Å². The molecule has 0 bridgehead atoms. The fourth-order valence-corrected chi connectivity index (χ4v) is 1.86. The minimum absolute atomic E-state index is 0.184. The number of ether oxygens (including phenoxy) is 1. The summed E-state index contributed by atoms with van der Waals surface area (Å²) < 4.78 is 9.25. The summed E-state index contributed by atoms with van der Waals surface area (Å²) in [6, 6.07) is 1.76. The average molecular weight is 281 g/mol. The van der Waals surface area contributed by atoms with Crippen molar-refractivity contribution in [2.75, 3.05) is 13.1 Å². The molecular formula is C13H19N3O2S. The van der Waals surface area contributed by atoms with Crippen LogP contribution in [0.1, 0.15) is 25.6 Å². The molecule has 0 unspecified atom stereocenters. The Bertz CT molecular complexity index is 449. The Labute approximate surface area is 117 Å². The number of rotatable bonds is 5. The summed E-state index contributed by atoms with van der Waals surface area (Å²) >= 11 is 1.24. The monoisotopic (exact) mass is 281 g/mol. The number of aromatic nitrogens is 1. The highest BCUT2D eigenvalue weighted by atomic mass is 32.1. The lowest BCUT2D eigenvalue weighted by molar-refractivity contribution is 0.0299. The van der Waals surface area contributed by atoms with Crippen LogP contribution in [0.5, 0.6) is 0 Å². The summed E-state index contributed by atoms with van der Waals surface area (Å²) in [5.41, 5.74) is -0.210. The standard InChI is InChI=1S/C13H19N3O2S/c1-5-8-16(12(17)18-13(2,3)4)9-10(14)11-6-7-15-19-11/h5-7,14H,1,8-9H2,2-4H3. The van der Waals surface area contributed by atoms with E-state index in [1.54, 1.807) is 18.3 Å². The molecule has 0 saturated heterocycles. The summed E-state index contributed by atoms with van der Waals surface area (Å²) in [7, 11) is 0. The summed E-state index contributed by atoms with van der Waals surface area (Å²) in [6.45, 7) is 9.58. The molecule has 0 aromatic carbocycles. The maximum Gasteiger partial charge on any atom is 0.410 e. The maximum absolute atomic E-state index is 12.0. The van der Waals surface area contributed by atoms with Gasteiger partial charge in [-0.3, -0.25) is 4.90 Å². The highest BCUT2D eigenvalue weighted by Gasteiger charge is 2.22. The Kier molecular flexibility index (Phi) is 5.23. The molecule has 5 nitrogen and oxygen atoms in total. The highest BCUT2D eigenvalue weighted by Crippen LogP contribution is 2.12. The lowest BCUT2D eigenvalue weighted by Gasteiger charge is -2.26. The number of amides is 1. The summed E-state index contributed by atoms with van der Waals surface area (Å²) in [6.07, 6.45) is 2.81. The smallest absolute Gasteiger partial charge is 0.410 e. The number of hydrogen-bond acceptors (Lipinski definition) is 5. The minimum Gasteiger partial charge on any atom is -0.444 e. The molecule has 1 heterocycles. The van der Waals surface area contributed by atoms with Crippen LogP contribution >= 0.6 is 11.5 Å². The van der Waals surface area contributed by atoms with Gasteiger partial charge in [0.1, 0.15) is 5.60 Å². The molecule has 104 valence electrons. The number of hydrogen-bond donors (Lipinski definition) is 1. The van der Waals surface area contributed by atoms with Crippen LogP contribution in [0, 0.1) is 5.41 Å². The summed E-state index contributed by atoms with van der Waals surface area (Å²) in [5.74, 6) is 0. The first-order valence-corrected chi connectivity index (χ1v) is 6.68. The van der Waals surface area contributed by atoms with Gasteiger partial charge < -0.3 is 10.1 Å². The van der Waals surface area contributed by atoms with Crippen molar-refractivity contribution < 1.29 is 9.53 Å². The quantitative estimate of drug-likeness (QED) is 0.666. The first kappa shape index (κ1) is 15.4. The van der Waals surface area contributed by atoms with E-state index in [2.05, 4.69) is 11.0 Å². The first-order chi connectivity index (χ1) is 8.83. The molecule has 0 aliphatic carbocycles. The molecule has 0 radical (unpaired) electrons. The Morgan fingerprint density at radius 1 is 1.63 bits per heavy atom. The van der Waals surface area contributed by atoms with Crippen LogP contribution in [0.25, 0.3) is 0 Å². The Morgan fingerprint density at radius 3 is 2.79 bits per heavy atom. The molecule has 0 fully saturated rings. The summed E-state index contributed by atoms with van der Waals surface area (Å²) in [4.78, 5) is 14.2. The van der Waals surface area contributed by atoms with Gasteiger partial charge >= 0.3 is 6.09 Å². The molecule has 1 amide bonds. The van der Waals surface area contributed by atoms with E-state index in [4.69, 9.17) is 10.1 Å². The van der Waals surface area contributed by atoms with E-state index in [-0.39, 0.29) is 6.54 Å². The maximum atomic E-state index is 12.0. The van der Waals surface area contributed by atoms with E-state index in [0.717, 1.165) is 4.88 Å². The Hall–Kier alpha value is -1.69. The van der Waals surface area contributed by atoms with Crippen molar-refractivity contribution in [3.63, 3.8) is 0 Å². The van der Waals surface area contributed by atoms with Crippen LogP contribution in [0.3, 0.4) is 0 Å². The van der Waals surface area contributed by atoms with Crippen molar-refractivity contribution in [2.45, 2.75) is 26.4 Å². The summed E-state index contributed by atoms with van der Waals surface area (Å²) in [5, 5.41) is 7.97. The number of nitrogens with zero attached hydrogens (tertiary/aromatic N) is 2. The molecular weight excluding hydrogens is 262 g/mol. The zero-order chi connectivity index (χ0) is 14.5. The lowest BCUT2D eigenvalue weighted by atomic mass is 10.2. The molecule has 0 saturated carbocycles. The molecule has 19 heavy (non-hydrogen) atoms. The van der Waals surface area contributed by atoms with Gasteiger partial charge in [-0.1, -0.05) is 6.08 Å². The normalized spacial score (nSPS) is 10.9. The fraction of sp³-hybridized carbons (Fsp3) is 0.462. The van der Waals surface area contributed by atoms with Crippen LogP contribution in [-0.4, -0.2) is 39.8 Å². The molecule has 0 aliphatic heterocycles. The third-order valence-electron chi connectivity index (χ3n) is 2.09. The van der Waals surface area contributed by atoms with Crippen LogP contribution < -0.4 is 0 Å². The predicted molar refractivity (Wildman–Crippen MR) is 76.9 cm³/mol. The van der Waals surface area contributed by atoms with Crippen LogP contribution in [0.4, 0.5) is 4.79 Å². The Balaban J connectivity index is 2.70. The Morgan fingerprint density at radius 2 is 2.32 bits per heavy atom. The van der Waals surface area contributed by atoms with Gasteiger partial charge in [-0.15, -0.1) is 6.58 Å². The van der Waals surface area contributed by atoms with E-state index in [1.807, 2.05) is 20.8 Å². The average Bonchev–Trinajstić information content (AvgIpc) is 2.79.